The molecular weight excluding hydrogens is 401 g/mol. The molecule has 2 aromatic carbocycles. The lowest BCUT2D eigenvalue weighted by atomic mass is 10.1. The van der Waals surface area contributed by atoms with Crippen molar-refractivity contribution in [1.29, 1.82) is 0 Å². The minimum absolute atomic E-state index is 0. The molecule has 0 aliphatic carbocycles. The van der Waals surface area contributed by atoms with E-state index in [9.17, 15) is 9.18 Å². The lowest BCUT2D eigenvalue weighted by Crippen LogP contribution is -2.33. The number of methoxy groups -OCH3 is 1. The average molecular weight is 424 g/mol. The zero-order chi connectivity index (χ0) is 19.4. The molecule has 150 valence electrons. The van der Waals surface area contributed by atoms with E-state index in [0.29, 0.717) is 28.5 Å². The summed E-state index contributed by atoms with van der Waals surface area (Å²) in [4.78, 5) is 21.4. The number of fused-ring (bicyclic) bond motifs is 1. The van der Waals surface area contributed by atoms with Crippen LogP contribution in [0.15, 0.2) is 42.5 Å². The fourth-order valence-corrected chi connectivity index (χ4v) is 3.82. The van der Waals surface area contributed by atoms with Gasteiger partial charge in [-0.3, -0.25) is 9.69 Å². The third-order valence-electron chi connectivity index (χ3n) is 4.16. The van der Waals surface area contributed by atoms with Crippen LogP contribution in [0.4, 0.5) is 9.52 Å². The summed E-state index contributed by atoms with van der Waals surface area (Å²) in [5.41, 5.74) is 0.757. The maximum Gasteiger partial charge on any atom is 0.263 e. The summed E-state index contributed by atoms with van der Waals surface area (Å²) in [6.45, 7) is 1.31. The van der Waals surface area contributed by atoms with Gasteiger partial charge in [0.15, 0.2) is 5.13 Å². The molecule has 0 N–H and O–H groups in total. The molecule has 0 fully saturated rings. The van der Waals surface area contributed by atoms with Gasteiger partial charge in [-0.25, -0.2) is 9.37 Å². The smallest absolute Gasteiger partial charge is 0.263 e. The molecule has 1 aromatic heterocycles. The number of amides is 1. The van der Waals surface area contributed by atoms with Crippen LogP contribution < -0.4 is 9.64 Å². The molecule has 0 aliphatic heterocycles. The zero-order valence-corrected chi connectivity index (χ0v) is 17.6. The molecule has 8 heteroatoms. The number of benzene rings is 2. The molecule has 0 aliphatic rings. The predicted octanol–water partition coefficient (Wildman–Crippen LogP) is 4.46. The topological polar surface area (TPSA) is 45.7 Å². The number of hydrogen-bond acceptors (Lipinski definition) is 5. The first-order valence-electron chi connectivity index (χ1n) is 8.66. The minimum atomic E-state index is -0.381. The standard InChI is InChI=1S/C20H22FN3O2S.ClH/c1-23(2)12-7-13-24(19(25)14-8-4-5-10-16(14)26-3)20-22-18-15(21)9-6-11-17(18)27-20;/h4-6,8-11H,7,12-13H2,1-3H3;1H. The van der Waals surface area contributed by atoms with Crippen molar-refractivity contribution in [3.8, 4) is 5.75 Å². The first-order chi connectivity index (χ1) is 13.0. The fraction of sp³-hybridized carbons (Fsp3) is 0.300. The van der Waals surface area contributed by atoms with Gasteiger partial charge in [-0.1, -0.05) is 29.5 Å². The second-order valence-corrected chi connectivity index (χ2v) is 7.41. The van der Waals surface area contributed by atoms with Crippen LogP contribution in [0.3, 0.4) is 0 Å². The number of thiazole rings is 1. The minimum Gasteiger partial charge on any atom is -0.496 e. The molecule has 1 amide bonds. The van der Waals surface area contributed by atoms with E-state index < -0.39 is 0 Å². The van der Waals surface area contributed by atoms with Crippen LogP contribution in [-0.4, -0.2) is 50.1 Å². The SMILES string of the molecule is COc1ccccc1C(=O)N(CCCN(C)C)c1nc2c(F)cccc2s1.Cl. The highest BCUT2D eigenvalue weighted by molar-refractivity contribution is 7.22. The Morgan fingerprint density at radius 1 is 1.14 bits per heavy atom. The summed E-state index contributed by atoms with van der Waals surface area (Å²) in [5, 5.41) is 0.491. The van der Waals surface area contributed by atoms with Crippen LogP contribution in [0.5, 0.6) is 5.75 Å². The van der Waals surface area contributed by atoms with Crippen molar-refractivity contribution >= 4 is 45.0 Å². The Hall–Kier alpha value is -2.22. The van der Waals surface area contributed by atoms with Crippen molar-refractivity contribution in [3.05, 3.63) is 53.8 Å². The molecule has 3 rings (SSSR count). The predicted molar refractivity (Wildman–Crippen MR) is 115 cm³/mol. The van der Waals surface area contributed by atoms with E-state index in [1.54, 1.807) is 29.2 Å². The summed E-state index contributed by atoms with van der Waals surface area (Å²) in [6, 6.07) is 11.9. The largest absolute Gasteiger partial charge is 0.496 e. The number of para-hydroxylation sites is 2. The van der Waals surface area contributed by atoms with Crippen LogP contribution in [0.25, 0.3) is 10.2 Å². The molecule has 0 atom stereocenters. The second-order valence-electron chi connectivity index (χ2n) is 6.40. The molecule has 3 aromatic rings. The molecular formula is C20H23ClFN3O2S. The summed E-state index contributed by atoms with van der Waals surface area (Å²) in [6.07, 6.45) is 0.770. The first-order valence-corrected chi connectivity index (χ1v) is 9.47. The summed E-state index contributed by atoms with van der Waals surface area (Å²) >= 11 is 1.31. The van der Waals surface area contributed by atoms with Gasteiger partial charge in [-0.05, 0) is 51.3 Å². The molecule has 5 nitrogen and oxygen atoms in total. The van der Waals surface area contributed by atoms with Gasteiger partial charge in [0.1, 0.15) is 17.1 Å². The van der Waals surface area contributed by atoms with E-state index in [1.807, 2.05) is 26.2 Å². The van der Waals surface area contributed by atoms with E-state index in [1.165, 1.54) is 24.5 Å². The Morgan fingerprint density at radius 2 is 1.89 bits per heavy atom. The maximum atomic E-state index is 14.1. The van der Waals surface area contributed by atoms with Gasteiger partial charge >= 0.3 is 0 Å². The number of halogens is 2. The first kappa shape index (κ1) is 22.1. The molecule has 28 heavy (non-hydrogen) atoms. The highest BCUT2D eigenvalue weighted by Crippen LogP contribution is 2.32. The summed E-state index contributed by atoms with van der Waals surface area (Å²) < 4.78 is 20.1. The number of nitrogens with zero attached hydrogens (tertiary/aromatic N) is 3. The van der Waals surface area contributed by atoms with Gasteiger partial charge in [-0.15, -0.1) is 12.4 Å². The normalized spacial score (nSPS) is 10.8. The van der Waals surface area contributed by atoms with Crippen molar-refractivity contribution in [2.45, 2.75) is 6.42 Å². The molecule has 0 unspecified atom stereocenters. The third kappa shape index (κ3) is 4.79. The third-order valence-corrected chi connectivity index (χ3v) is 5.20. The molecule has 0 spiro atoms. The average Bonchev–Trinajstić information content (AvgIpc) is 3.10. The van der Waals surface area contributed by atoms with Crippen molar-refractivity contribution in [3.63, 3.8) is 0 Å². The second kappa shape index (κ2) is 9.82. The van der Waals surface area contributed by atoms with Crippen LogP contribution in [0.1, 0.15) is 16.8 Å². The van der Waals surface area contributed by atoms with E-state index in [0.717, 1.165) is 17.7 Å². The molecule has 0 saturated heterocycles. The quantitative estimate of drug-likeness (QED) is 0.562. The number of hydrogen-bond donors (Lipinski definition) is 0. The molecule has 1 heterocycles. The lowest BCUT2D eigenvalue weighted by Gasteiger charge is -2.22. The maximum absolute atomic E-state index is 14.1. The molecule has 0 bridgehead atoms. The lowest BCUT2D eigenvalue weighted by molar-refractivity contribution is 0.0983. The Balaban J connectivity index is 0.00000280. The Labute approximate surface area is 174 Å². The highest BCUT2D eigenvalue weighted by Gasteiger charge is 2.24. The summed E-state index contributed by atoms with van der Waals surface area (Å²) in [7, 11) is 5.51. The van der Waals surface area contributed by atoms with Crippen molar-refractivity contribution in [2.24, 2.45) is 0 Å². The number of carbonyl (C=O) groups is 1. The fourth-order valence-electron chi connectivity index (χ4n) is 2.81. The van der Waals surface area contributed by atoms with Crippen LogP contribution in [0.2, 0.25) is 0 Å². The van der Waals surface area contributed by atoms with Gasteiger partial charge < -0.3 is 9.64 Å². The summed E-state index contributed by atoms with van der Waals surface area (Å²) in [5.74, 6) is -0.0777. The number of anilines is 1. The van der Waals surface area contributed by atoms with E-state index in [-0.39, 0.29) is 24.1 Å². The van der Waals surface area contributed by atoms with Crippen LogP contribution in [-0.2, 0) is 0 Å². The van der Waals surface area contributed by atoms with Crippen molar-refractivity contribution in [1.82, 2.24) is 9.88 Å². The highest BCUT2D eigenvalue weighted by atomic mass is 35.5. The van der Waals surface area contributed by atoms with Crippen LogP contribution >= 0.6 is 23.7 Å². The monoisotopic (exact) mass is 423 g/mol. The van der Waals surface area contributed by atoms with Gasteiger partial charge in [0.2, 0.25) is 0 Å². The van der Waals surface area contributed by atoms with E-state index in [4.69, 9.17) is 4.74 Å². The van der Waals surface area contributed by atoms with Gasteiger partial charge in [0.25, 0.3) is 5.91 Å². The molecule has 0 saturated carbocycles. The molecule has 0 radical (unpaired) electrons. The van der Waals surface area contributed by atoms with Gasteiger partial charge in [0, 0.05) is 6.54 Å². The zero-order valence-electron chi connectivity index (χ0n) is 16.0. The number of carbonyl (C=O) groups excluding carboxylic acids is 1. The Morgan fingerprint density at radius 3 is 2.57 bits per heavy atom. The van der Waals surface area contributed by atoms with E-state index in [2.05, 4.69) is 9.88 Å². The van der Waals surface area contributed by atoms with Gasteiger partial charge in [0.05, 0.1) is 17.4 Å². The van der Waals surface area contributed by atoms with Crippen molar-refractivity contribution < 1.29 is 13.9 Å². The van der Waals surface area contributed by atoms with Crippen LogP contribution in [0, 0.1) is 5.82 Å². The van der Waals surface area contributed by atoms with E-state index >= 15 is 0 Å². The number of ether oxygens (including phenoxy) is 1. The van der Waals surface area contributed by atoms with Crippen molar-refractivity contribution in [2.75, 3.05) is 39.2 Å². The Kier molecular flexibility index (Phi) is 7.74. The van der Waals surface area contributed by atoms with Gasteiger partial charge in [-0.2, -0.15) is 0 Å². The Bertz CT molecular complexity index is 948. The number of rotatable bonds is 7. The number of aromatic nitrogens is 1.